The number of aromatic carboxylic acids is 1. The van der Waals surface area contributed by atoms with E-state index in [4.69, 9.17) is 10.8 Å². The summed E-state index contributed by atoms with van der Waals surface area (Å²) in [6.45, 7) is 3.26. The third-order valence-electron chi connectivity index (χ3n) is 3.00. The molecule has 0 saturated heterocycles. The summed E-state index contributed by atoms with van der Waals surface area (Å²) in [7, 11) is 0. The molecule has 2 rings (SSSR count). The topological polar surface area (TPSA) is 105 Å². The van der Waals surface area contributed by atoms with Gasteiger partial charge in [-0.25, -0.2) is 9.78 Å². The average Bonchev–Trinajstić information content (AvgIpc) is 2.37. The van der Waals surface area contributed by atoms with E-state index in [2.05, 4.69) is 10.3 Å². The fraction of sp³-hybridized carbons (Fsp3) is 0.214. The Labute approximate surface area is 115 Å². The van der Waals surface area contributed by atoms with E-state index in [1.54, 1.807) is 32.0 Å². The molecule has 0 unspecified atom stereocenters. The summed E-state index contributed by atoms with van der Waals surface area (Å²) in [4.78, 5) is 26.6. The molecule has 0 atom stereocenters. The summed E-state index contributed by atoms with van der Waals surface area (Å²) in [5, 5.41) is 12.8. The van der Waals surface area contributed by atoms with Crippen molar-refractivity contribution < 1.29 is 14.7 Å². The Morgan fingerprint density at radius 2 is 1.95 bits per heavy atom. The second kappa shape index (κ2) is 4.80. The molecule has 0 saturated carbocycles. The molecule has 0 radical (unpaired) electrons. The number of para-hydroxylation sites is 1. The Hall–Kier alpha value is -2.63. The van der Waals surface area contributed by atoms with Gasteiger partial charge < -0.3 is 16.2 Å². The molecular formula is C14H15N3O3. The highest BCUT2D eigenvalue weighted by molar-refractivity contribution is 5.99. The molecule has 1 aromatic carbocycles. The van der Waals surface area contributed by atoms with Gasteiger partial charge in [-0.3, -0.25) is 4.79 Å². The highest BCUT2D eigenvalue weighted by Gasteiger charge is 2.25. The second-order valence-corrected chi connectivity index (χ2v) is 4.99. The summed E-state index contributed by atoms with van der Waals surface area (Å²) in [6, 6.07) is 8.49. The van der Waals surface area contributed by atoms with Gasteiger partial charge in [0.25, 0.3) is 0 Å². The van der Waals surface area contributed by atoms with Crippen LogP contribution < -0.4 is 11.1 Å². The number of pyridine rings is 1. The van der Waals surface area contributed by atoms with Crippen LogP contribution in [0.5, 0.6) is 0 Å². The van der Waals surface area contributed by atoms with Crippen molar-refractivity contribution >= 4 is 28.5 Å². The van der Waals surface area contributed by atoms with Crippen LogP contribution in [-0.2, 0) is 4.79 Å². The quantitative estimate of drug-likeness (QED) is 0.784. The molecule has 1 heterocycles. The van der Waals surface area contributed by atoms with Crippen molar-refractivity contribution in [3.63, 3.8) is 0 Å². The Morgan fingerprint density at radius 1 is 1.30 bits per heavy atom. The number of aromatic nitrogens is 1. The number of hydrogen-bond donors (Lipinski definition) is 3. The molecule has 4 N–H and O–H groups in total. The van der Waals surface area contributed by atoms with E-state index in [1.807, 2.05) is 6.07 Å². The number of amides is 1. The lowest BCUT2D eigenvalue weighted by atomic mass is 10.0. The standard InChI is InChI=1S/C14H15N3O3/c1-14(2,13(15)20)17-10-7-11(12(18)19)16-9-6-4-3-5-8(9)10/h3-7H,1-2H3,(H2,15,20)(H,16,17)(H,18,19). The van der Waals surface area contributed by atoms with Crippen LogP contribution in [0, 0.1) is 0 Å². The molecule has 0 fully saturated rings. The number of carboxylic acids is 1. The number of anilines is 1. The first-order chi connectivity index (χ1) is 9.31. The molecule has 0 aliphatic heterocycles. The van der Waals surface area contributed by atoms with E-state index < -0.39 is 17.4 Å². The van der Waals surface area contributed by atoms with Crippen molar-refractivity contribution in [2.24, 2.45) is 5.73 Å². The van der Waals surface area contributed by atoms with Crippen molar-refractivity contribution in [2.45, 2.75) is 19.4 Å². The van der Waals surface area contributed by atoms with Crippen LogP contribution >= 0.6 is 0 Å². The first-order valence-electron chi connectivity index (χ1n) is 6.02. The molecule has 6 heteroatoms. The Kier molecular flexibility index (Phi) is 3.31. The molecule has 6 nitrogen and oxygen atoms in total. The Morgan fingerprint density at radius 3 is 2.55 bits per heavy atom. The van der Waals surface area contributed by atoms with Crippen molar-refractivity contribution in [1.82, 2.24) is 4.98 Å². The molecule has 104 valence electrons. The van der Waals surface area contributed by atoms with Crippen LogP contribution in [-0.4, -0.2) is 27.5 Å². The number of carbonyl (C=O) groups is 2. The van der Waals surface area contributed by atoms with Crippen molar-refractivity contribution in [2.75, 3.05) is 5.32 Å². The SMILES string of the molecule is CC(C)(Nc1cc(C(=O)O)nc2ccccc12)C(N)=O. The highest BCUT2D eigenvalue weighted by atomic mass is 16.4. The number of benzene rings is 1. The minimum absolute atomic E-state index is 0.0912. The van der Waals surface area contributed by atoms with Gasteiger partial charge in [0.1, 0.15) is 5.54 Å². The minimum Gasteiger partial charge on any atom is -0.477 e. The van der Waals surface area contributed by atoms with E-state index >= 15 is 0 Å². The lowest BCUT2D eigenvalue weighted by Gasteiger charge is -2.24. The largest absolute Gasteiger partial charge is 0.477 e. The number of fused-ring (bicyclic) bond motifs is 1. The molecular weight excluding hydrogens is 258 g/mol. The van der Waals surface area contributed by atoms with Gasteiger partial charge in [-0.05, 0) is 26.0 Å². The van der Waals surface area contributed by atoms with Gasteiger partial charge in [0.05, 0.1) is 5.52 Å². The average molecular weight is 273 g/mol. The van der Waals surface area contributed by atoms with Crippen molar-refractivity contribution in [1.29, 1.82) is 0 Å². The van der Waals surface area contributed by atoms with E-state index in [-0.39, 0.29) is 5.69 Å². The highest BCUT2D eigenvalue weighted by Crippen LogP contribution is 2.26. The van der Waals surface area contributed by atoms with Crippen LogP contribution in [0.25, 0.3) is 10.9 Å². The maximum Gasteiger partial charge on any atom is 0.354 e. The fourth-order valence-electron chi connectivity index (χ4n) is 1.79. The number of carbonyl (C=O) groups excluding carboxylic acids is 1. The lowest BCUT2D eigenvalue weighted by molar-refractivity contribution is -0.121. The van der Waals surface area contributed by atoms with Gasteiger partial charge in [0.2, 0.25) is 5.91 Å². The van der Waals surface area contributed by atoms with Crippen LogP contribution in [0.3, 0.4) is 0 Å². The zero-order valence-electron chi connectivity index (χ0n) is 11.2. The van der Waals surface area contributed by atoms with E-state index in [0.717, 1.165) is 5.39 Å². The van der Waals surface area contributed by atoms with Gasteiger partial charge in [-0.15, -0.1) is 0 Å². The molecule has 0 spiro atoms. The van der Waals surface area contributed by atoms with E-state index in [1.165, 1.54) is 6.07 Å². The summed E-state index contributed by atoms with van der Waals surface area (Å²) < 4.78 is 0. The van der Waals surface area contributed by atoms with E-state index in [9.17, 15) is 9.59 Å². The lowest BCUT2D eigenvalue weighted by Crippen LogP contribution is -2.45. The summed E-state index contributed by atoms with van der Waals surface area (Å²) in [6.07, 6.45) is 0. The minimum atomic E-state index is -1.13. The molecule has 0 bridgehead atoms. The summed E-state index contributed by atoms with van der Waals surface area (Å²) >= 11 is 0. The number of primary amides is 1. The van der Waals surface area contributed by atoms with Gasteiger partial charge in [0, 0.05) is 11.1 Å². The van der Waals surface area contributed by atoms with Gasteiger partial charge in [-0.1, -0.05) is 18.2 Å². The van der Waals surface area contributed by atoms with E-state index in [0.29, 0.717) is 11.2 Å². The van der Waals surface area contributed by atoms with Crippen molar-refractivity contribution in [3.05, 3.63) is 36.0 Å². The first-order valence-corrected chi connectivity index (χ1v) is 6.02. The van der Waals surface area contributed by atoms with Crippen molar-refractivity contribution in [3.8, 4) is 0 Å². The molecule has 1 amide bonds. The molecule has 0 aliphatic carbocycles. The van der Waals surface area contributed by atoms with Gasteiger partial charge >= 0.3 is 5.97 Å². The number of nitrogens with one attached hydrogen (secondary N) is 1. The van der Waals surface area contributed by atoms with Crippen LogP contribution in [0.15, 0.2) is 30.3 Å². The smallest absolute Gasteiger partial charge is 0.354 e. The van der Waals surface area contributed by atoms with Crippen LogP contribution in [0.1, 0.15) is 24.3 Å². The maximum absolute atomic E-state index is 11.4. The zero-order chi connectivity index (χ0) is 14.9. The van der Waals surface area contributed by atoms with Crippen LogP contribution in [0.4, 0.5) is 5.69 Å². The number of nitrogens with zero attached hydrogens (tertiary/aromatic N) is 1. The van der Waals surface area contributed by atoms with Crippen LogP contribution in [0.2, 0.25) is 0 Å². The molecule has 2 aromatic rings. The first kappa shape index (κ1) is 13.8. The second-order valence-electron chi connectivity index (χ2n) is 4.99. The third-order valence-corrected chi connectivity index (χ3v) is 3.00. The molecule has 0 aliphatic rings. The third kappa shape index (κ3) is 2.54. The number of nitrogens with two attached hydrogens (primary N) is 1. The number of carboxylic acid groups (broad SMARTS) is 1. The summed E-state index contributed by atoms with van der Waals surface area (Å²) in [5.41, 5.74) is 5.28. The zero-order valence-corrected chi connectivity index (χ0v) is 11.2. The Balaban J connectivity index is 2.61. The monoisotopic (exact) mass is 273 g/mol. The Bertz CT molecular complexity index is 695. The maximum atomic E-state index is 11.4. The normalized spacial score (nSPS) is 11.3. The number of rotatable bonds is 4. The predicted octanol–water partition coefficient (Wildman–Crippen LogP) is 1.61. The molecule has 1 aromatic heterocycles. The van der Waals surface area contributed by atoms with Gasteiger partial charge in [0.15, 0.2) is 5.69 Å². The predicted molar refractivity (Wildman–Crippen MR) is 75.6 cm³/mol. The number of hydrogen-bond acceptors (Lipinski definition) is 4. The fourth-order valence-corrected chi connectivity index (χ4v) is 1.79. The summed E-state index contributed by atoms with van der Waals surface area (Å²) in [5.74, 6) is -1.66. The molecule has 20 heavy (non-hydrogen) atoms. The van der Waals surface area contributed by atoms with Gasteiger partial charge in [-0.2, -0.15) is 0 Å².